The lowest BCUT2D eigenvalue weighted by molar-refractivity contribution is -0.138. The van der Waals surface area contributed by atoms with Crippen LogP contribution in [0.25, 0.3) is 0 Å². The van der Waals surface area contributed by atoms with Crippen molar-refractivity contribution in [3.63, 3.8) is 0 Å². The predicted octanol–water partition coefficient (Wildman–Crippen LogP) is 2.81. The van der Waals surface area contributed by atoms with E-state index in [0.29, 0.717) is 18.2 Å². The third-order valence-electron chi connectivity index (χ3n) is 4.17. The molecule has 0 amide bonds. The van der Waals surface area contributed by atoms with Crippen LogP contribution in [0, 0.1) is 0 Å². The summed E-state index contributed by atoms with van der Waals surface area (Å²) in [6.45, 7) is 4.90. The van der Waals surface area contributed by atoms with Gasteiger partial charge in [-0.25, -0.2) is 0 Å². The highest BCUT2D eigenvalue weighted by Gasteiger charge is 2.34. The third-order valence-corrected chi connectivity index (χ3v) is 4.17. The van der Waals surface area contributed by atoms with Crippen LogP contribution in [0.2, 0.25) is 0 Å². The molecule has 1 heterocycles. The Hall–Kier alpha value is -1.27. The molecular weight excluding hydrogens is 279 g/mol. The quantitative estimate of drug-likeness (QED) is 0.871. The summed E-state index contributed by atoms with van der Waals surface area (Å²) in [6, 6.07) is 4.47. The number of nitrogens with two attached hydrogens (primary N) is 1. The second-order valence-corrected chi connectivity index (χ2v) is 5.69. The van der Waals surface area contributed by atoms with Gasteiger partial charge < -0.3 is 10.6 Å². The zero-order valence-corrected chi connectivity index (χ0v) is 12.5. The zero-order valence-electron chi connectivity index (χ0n) is 12.5. The normalized spacial score (nSPS) is 21.7. The first-order valence-corrected chi connectivity index (χ1v) is 7.19. The Bertz CT molecular complexity index is 488. The van der Waals surface area contributed by atoms with Crippen LogP contribution in [0.1, 0.15) is 24.5 Å². The van der Waals surface area contributed by atoms with Crippen LogP contribution in [0.3, 0.4) is 0 Å². The van der Waals surface area contributed by atoms with E-state index in [1.54, 1.807) is 0 Å². The summed E-state index contributed by atoms with van der Waals surface area (Å²) in [5, 5.41) is 0. The number of nitrogen functional groups attached to an aromatic ring is 1. The van der Waals surface area contributed by atoms with Gasteiger partial charge in [0.15, 0.2) is 0 Å². The van der Waals surface area contributed by atoms with Gasteiger partial charge in [-0.3, -0.25) is 4.90 Å². The van der Waals surface area contributed by atoms with Gasteiger partial charge in [-0.05, 0) is 31.2 Å². The van der Waals surface area contributed by atoms with Crippen LogP contribution in [-0.4, -0.2) is 42.5 Å². The average Bonchev–Trinajstić information content (AvgIpc) is 2.41. The largest absolute Gasteiger partial charge is 0.416 e. The van der Waals surface area contributed by atoms with E-state index in [9.17, 15) is 13.2 Å². The fraction of sp³-hybridized carbons (Fsp3) is 0.600. The molecule has 6 heteroatoms. The molecule has 0 spiro atoms. The first-order chi connectivity index (χ1) is 9.81. The van der Waals surface area contributed by atoms with Gasteiger partial charge in [0.25, 0.3) is 0 Å². The Morgan fingerprint density at radius 3 is 2.62 bits per heavy atom. The van der Waals surface area contributed by atoms with Crippen LogP contribution < -0.4 is 5.73 Å². The van der Waals surface area contributed by atoms with E-state index in [1.165, 1.54) is 12.1 Å². The van der Waals surface area contributed by atoms with Gasteiger partial charge in [0.05, 0.1) is 5.56 Å². The number of anilines is 1. The molecule has 2 rings (SSSR count). The number of benzene rings is 1. The molecule has 118 valence electrons. The van der Waals surface area contributed by atoms with Crippen molar-refractivity contribution < 1.29 is 13.2 Å². The predicted molar refractivity (Wildman–Crippen MR) is 77.8 cm³/mol. The summed E-state index contributed by atoms with van der Waals surface area (Å²) in [7, 11) is 2.07. The molecule has 21 heavy (non-hydrogen) atoms. The molecule has 1 aliphatic heterocycles. The highest BCUT2D eigenvalue weighted by molar-refractivity contribution is 5.46. The molecular formula is C15H22F3N3. The maximum absolute atomic E-state index is 13.1. The SMILES string of the molecule is CCC1CN(Cc2ccc(N)cc2C(F)(F)F)CCN1C. The minimum absolute atomic E-state index is 0.149. The molecule has 0 saturated carbocycles. The van der Waals surface area contributed by atoms with Crippen LogP contribution >= 0.6 is 0 Å². The molecule has 1 atom stereocenters. The minimum Gasteiger partial charge on any atom is -0.399 e. The van der Waals surface area contributed by atoms with Crippen molar-refractivity contribution in [2.24, 2.45) is 0 Å². The lowest BCUT2D eigenvalue weighted by Gasteiger charge is -2.39. The van der Waals surface area contributed by atoms with E-state index in [-0.39, 0.29) is 5.69 Å². The van der Waals surface area contributed by atoms with Gasteiger partial charge in [-0.1, -0.05) is 13.0 Å². The molecule has 3 nitrogen and oxygen atoms in total. The number of hydrogen-bond donors (Lipinski definition) is 1. The van der Waals surface area contributed by atoms with E-state index in [4.69, 9.17) is 5.73 Å². The fourth-order valence-corrected chi connectivity index (χ4v) is 2.83. The summed E-state index contributed by atoms with van der Waals surface area (Å²) < 4.78 is 39.3. The Labute approximate surface area is 123 Å². The monoisotopic (exact) mass is 301 g/mol. The molecule has 2 N–H and O–H groups in total. The first kappa shape index (κ1) is 16.1. The van der Waals surface area contributed by atoms with Gasteiger partial charge in [-0.15, -0.1) is 0 Å². The summed E-state index contributed by atoms with van der Waals surface area (Å²) in [5.74, 6) is 0. The molecule has 1 unspecified atom stereocenters. The summed E-state index contributed by atoms with van der Waals surface area (Å²) in [4.78, 5) is 4.36. The molecule has 0 bridgehead atoms. The van der Waals surface area contributed by atoms with Gasteiger partial charge in [-0.2, -0.15) is 13.2 Å². The Kier molecular flexibility index (Phi) is 4.78. The van der Waals surface area contributed by atoms with Crippen molar-refractivity contribution in [1.29, 1.82) is 0 Å². The van der Waals surface area contributed by atoms with Crippen LogP contribution in [0.15, 0.2) is 18.2 Å². The second kappa shape index (κ2) is 6.23. The number of alkyl halides is 3. The molecule has 1 aromatic rings. The van der Waals surface area contributed by atoms with Crippen molar-refractivity contribution in [2.75, 3.05) is 32.4 Å². The van der Waals surface area contributed by atoms with Crippen LogP contribution in [0.5, 0.6) is 0 Å². The van der Waals surface area contributed by atoms with E-state index >= 15 is 0 Å². The van der Waals surface area contributed by atoms with Gasteiger partial charge in [0.1, 0.15) is 0 Å². The Balaban J connectivity index is 2.16. The number of halogens is 3. The lowest BCUT2D eigenvalue weighted by Crippen LogP contribution is -2.50. The number of piperazine rings is 1. The Morgan fingerprint density at radius 1 is 1.29 bits per heavy atom. The van der Waals surface area contributed by atoms with Crippen molar-refractivity contribution in [2.45, 2.75) is 32.1 Å². The van der Waals surface area contributed by atoms with Gasteiger partial charge in [0, 0.05) is 37.9 Å². The van der Waals surface area contributed by atoms with Crippen LogP contribution in [0.4, 0.5) is 18.9 Å². The van der Waals surface area contributed by atoms with E-state index in [2.05, 4.69) is 23.8 Å². The molecule has 1 aromatic carbocycles. The van der Waals surface area contributed by atoms with Gasteiger partial charge in [0.2, 0.25) is 0 Å². The maximum atomic E-state index is 13.1. The molecule has 0 aliphatic carbocycles. The van der Waals surface area contributed by atoms with Crippen molar-refractivity contribution in [3.8, 4) is 0 Å². The number of nitrogens with zero attached hydrogens (tertiary/aromatic N) is 2. The lowest BCUT2D eigenvalue weighted by atomic mass is 10.0. The number of rotatable bonds is 3. The molecule has 1 saturated heterocycles. The van der Waals surface area contributed by atoms with Crippen molar-refractivity contribution in [3.05, 3.63) is 29.3 Å². The summed E-state index contributed by atoms with van der Waals surface area (Å²) in [6.07, 6.45) is -3.36. The van der Waals surface area contributed by atoms with Gasteiger partial charge >= 0.3 is 6.18 Å². The Morgan fingerprint density at radius 2 is 2.00 bits per heavy atom. The summed E-state index contributed by atoms with van der Waals surface area (Å²) >= 11 is 0. The zero-order chi connectivity index (χ0) is 15.6. The highest BCUT2D eigenvalue weighted by atomic mass is 19.4. The summed E-state index contributed by atoms with van der Waals surface area (Å²) in [5.41, 5.74) is 5.33. The van der Waals surface area contributed by atoms with Crippen molar-refractivity contribution in [1.82, 2.24) is 9.80 Å². The second-order valence-electron chi connectivity index (χ2n) is 5.69. The number of hydrogen-bond acceptors (Lipinski definition) is 3. The van der Waals surface area contributed by atoms with E-state index in [0.717, 1.165) is 32.1 Å². The smallest absolute Gasteiger partial charge is 0.399 e. The van der Waals surface area contributed by atoms with Crippen molar-refractivity contribution >= 4 is 5.69 Å². The third kappa shape index (κ3) is 3.89. The average molecular weight is 301 g/mol. The van der Waals surface area contributed by atoms with E-state index < -0.39 is 11.7 Å². The minimum atomic E-state index is -4.36. The molecule has 0 aromatic heterocycles. The molecule has 0 radical (unpaired) electrons. The molecule has 1 aliphatic rings. The topological polar surface area (TPSA) is 32.5 Å². The fourth-order valence-electron chi connectivity index (χ4n) is 2.83. The van der Waals surface area contributed by atoms with Crippen LogP contribution in [-0.2, 0) is 12.7 Å². The highest BCUT2D eigenvalue weighted by Crippen LogP contribution is 2.34. The van der Waals surface area contributed by atoms with E-state index in [1.807, 2.05) is 0 Å². The maximum Gasteiger partial charge on any atom is 0.416 e. The number of likely N-dealkylation sites (N-methyl/N-ethyl adjacent to an activating group) is 1. The molecule has 1 fully saturated rings. The standard InChI is InChI=1S/C15H22F3N3/c1-3-13-10-21(7-6-20(13)2)9-11-4-5-12(19)8-14(11)15(16,17)18/h4-5,8,13H,3,6-7,9-10,19H2,1-2H3. The first-order valence-electron chi connectivity index (χ1n) is 7.19.